The normalized spacial score (nSPS) is 16.1. The van der Waals surface area contributed by atoms with Crippen molar-refractivity contribution in [2.45, 2.75) is 33.2 Å². The molecule has 2 amide bonds. The Bertz CT molecular complexity index is 814. The van der Waals surface area contributed by atoms with Gasteiger partial charge >= 0.3 is 0 Å². The van der Waals surface area contributed by atoms with Crippen LogP contribution in [0.5, 0.6) is 0 Å². The fourth-order valence-corrected chi connectivity index (χ4v) is 4.47. The van der Waals surface area contributed by atoms with Gasteiger partial charge in [-0.15, -0.1) is 11.3 Å². The molecule has 140 valence electrons. The van der Waals surface area contributed by atoms with Crippen LogP contribution in [-0.2, 0) is 4.79 Å². The summed E-state index contributed by atoms with van der Waals surface area (Å²) < 4.78 is 1.16. The van der Waals surface area contributed by atoms with Crippen LogP contribution in [0, 0.1) is 6.92 Å². The summed E-state index contributed by atoms with van der Waals surface area (Å²) in [6.07, 6.45) is 0. The molecule has 1 saturated heterocycles. The van der Waals surface area contributed by atoms with Crippen molar-refractivity contribution in [1.29, 1.82) is 0 Å². The maximum Gasteiger partial charge on any atom is 0.264 e. The number of fused-ring (bicyclic) bond motifs is 1. The molecule has 1 N–H and O–H groups in total. The maximum atomic E-state index is 12.9. The zero-order chi connectivity index (χ0) is 18.9. The fraction of sp³-hybridized carbons (Fsp3) is 0.500. The molecule has 0 saturated carbocycles. The van der Waals surface area contributed by atoms with E-state index in [0.29, 0.717) is 19.6 Å². The van der Waals surface area contributed by atoms with Gasteiger partial charge < -0.3 is 10.2 Å². The van der Waals surface area contributed by atoms with E-state index in [0.717, 1.165) is 28.2 Å². The number of benzene rings is 1. The van der Waals surface area contributed by atoms with Crippen molar-refractivity contribution in [1.82, 2.24) is 15.1 Å². The molecule has 1 aromatic heterocycles. The molecule has 3 rings (SSSR count). The fourth-order valence-electron chi connectivity index (χ4n) is 3.29. The van der Waals surface area contributed by atoms with Gasteiger partial charge in [0.1, 0.15) is 0 Å². The minimum atomic E-state index is -0.215. The van der Waals surface area contributed by atoms with Crippen LogP contribution in [0.2, 0.25) is 0 Å². The predicted molar refractivity (Wildman–Crippen MR) is 107 cm³/mol. The second-order valence-corrected chi connectivity index (χ2v) is 8.97. The summed E-state index contributed by atoms with van der Waals surface area (Å²) in [6.45, 7) is 11.1. The molecule has 0 unspecified atom stereocenters. The monoisotopic (exact) mass is 373 g/mol. The van der Waals surface area contributed by atoms with E-state index in [1.54, 1.807) is 11.3 Å². The van der Waals surface area contributed by atoms with Crippen molar-refractivity contribution in [2.24, 2.45) is 0 Å². The molecular formula is C20H27N3O2S. The average molecular weight is 374 g/mol. The van der Waals surface area contributed by atoms with Crippen molar-refractivity contribution in [3.63, 3.8) is 0 Å². The molecule has 0 spiro atoms. The highest BCUT2D eigenvalue weighted by Gasteiger charge is 2.26. The Labute approximate surface area is 159 Å². The van der Waals surface area contributed by atoms with Gasteiger partial charge in [-0.1, -0.05) is 18.2 Å². The first-order valence-electron chi connectivity index (χ1n) is 9.05. The quantitative estimate of drug-likeness (QED) is 0.900. The number of aryl methyl sites for hydroxylation is 1. The molecule has 0 radical (unpaired) electrons. The lowest BCUT2D eigenvalue weighted by molar-refractivity contribution is -0.124. The Morgan fingerprint density at radius 1 is 1.12 bits per heavy atom. The Kier molecular flexibility index (Phi) is 5.34. The Morgan fingerprint density at radius 3 is 2.38 bits per heavy atom. The molecule has 1 aliphatic rings. The molecule has 1 aromatic carbocycles. The van der Waals surface area contributed by atoms with Crippen LogP contribution in [0.4, 0.5) is 0 Å². The van der Waals surface area contributed by atoms with Gasteiger partial charge in [0, 0.05) is 36.4 Å². The average Bonchev–Trinajstić information content (AvgIpc) is 2.90. The number of rotatable bonds is 3. The molecule has 0 bridgehead atoms. The Hall–Kier alpha value is -1.92. The summed E-state index contributed by atoms with van der Waals surface area (Å²) in [5.41, 5.74) is 0.857. The summed E-state index contributed by atoms with van der Waals surface area (Å²) >= 11 is 1.57. The summed E-state index contributed by atoms with van der Waals surface area (Å²) in [5, 5.41) is 4.15. The van der Waals surface area contributed by atoms with Crippen LogP contribution >= 0.6 is 11.3 Å². The number of nitrogens with zero attached hydrogens (tertiary/aromatic N) is 2. The summed E-state index contributed by atoms with van der Waals surface area (Å²) in [4.78, 5) is 29.9. The van der Waals surface area contributed by atoms with E-state index >= 15 is 0 Å². The lowest BCUT2D eigenvalue weighted by Gasteiger charge is -2.34. The van der Waals surface area contributed by atoms with Gasteiger partial charge in [0.25, 0.3) is 5.91 Å². The van der Waals surface area contributed by atoms with E-state index in [4.69, 9.17) is 0 Å². The van der Waals surface area contributed by atoms with Crippen LogP contribution in [0.25, 0.3) is 10.1 Å². The van der Waals surface area contributed by atoms with E-state index in [9.17, 15) is 9.59 Å². The second-order valence-electron chi connectivity index (χ2n) is 7.92. The summed E-state index contributed by atoms with van der Waals surface area (Å²) in [5.74, 6) is 0.153. The van der Waals surface area contributed by atoms with Gasteiger partial charge in [-0.2, -0.15) is 0 Å². The first-order chi connectivity index (χ1) is 12.2. The third-order valence-electron chi connectivity index (χ3n) is 4.58. The molecule has 2 aromatic rings. The third-order valence-corrected chi connectivity index (χ3v) is 5.84. The number of thiophene rings is 1. The Balaban J connectivity index is 1.60. The van der Waals surface area contributed by atoms with Gasteiger partial charge in [-0.25, -0.2) is 0 Å². The third kappa shape index (κ3) is 4.24. The zero-order valence-electron chi connectivity index (χ0n) is 16.0. The van der Waals surface area contributed by atoms with Crippen molar-refractivity contribution in [2.75, 3.05) is 32.7 Å². The standard InChI is InChI=1S/C20H27N3O2S/c1-14-15-7-5-6-8-16(15)26-18(14)19(25)23-11-9-22(10-12-23)13-17(24)21-20(2,3)4/h5-8H,9-13H2,1-4H3,(H,21,24). The minimum absolute atomic E-state index is 0.0395. The van der Waals surface area contributed by atoms with Crippen LogP contribution in [0.15, 0.2) is 24.3 Å². The molecule has 0 aliphatic carbocycles. The number of carbonyl (C=O) groups excluding carboxylic acids is 2. The highest BCUT2D eigenvalue weighted by atomic mass is 32.1. The van der Waals surface area contributed by atoms with Crippen LogP contribution in [-0.4, -0.2) is 59.9 Å². The zero-order valence-corrected chi connectivity index (χ0v) is 16.8. The number of hydrogen-bond donors (Lipinski definition) is 1. The van der Waals surface area contributed by atoms with Crippen molar-refractivity contribution in [3.05, 3.63) is 34.7 Å². The minimum Gasteiger partial charge on any atom is -0.350 e. The van der Waals surface area contributed by atoms with Crippen LogP contribution in [0.3, 0.4) is 0 Å². The molecule has 1 fully saturated rings. The number of amides is 2. The number of nitrogens with one attached hydrogen (secondary N) is 1. The van der Waals surface area contributed by atoms with E-state index < -0.39 is 0 Å². The number of carbonyl (C=O) groups is 2. The van der Waals surface area contributed by atoms with Crippen molar-refractivity contribution < 1.29 is 9.59 Å². The van der Waals surface area contributed by atoms with Gasteiger partial charge in [0.2, 0.25) is 5.91 Å². The number of piperazine rings is 1. The molecule has 1 aliphatic heterocycles. The topological polar surface area (TPSA) is 52.7 Å². The molecule has 26 heavy (non-hydrogen) atoms. The first-order valence-corrected chi connectivity index (χ1v) is 9.87. The maximum absolute atomic E-state index is 12.9. The molecule has 6 heteroatoms. The first kappa shape index (κ1) is 18.9. The lowest BCUT2D eigenvalue weighted by Crippen LogP contribution is -2.52. The van der Waals surface area contributed by atoms with E-state index in [-0.39, 0.29) is 17.4 Å². The van der Waals surface area contributed by atoms with E-state index in [1.807, 2.05) is 44.7 Å². The second kappa shape index (κ2) is 7.37. The molecule has 0 atom stereocenters. The van der Waals surface area contributed by atoms with E-state index in [2.05, 4.69) is 22.3 Å². The summed E-state index contributed by atoms with van der Waals surface area (Å²) in [7, 11) is 0. The number of hydrogen-bond acceptors (Lipinski definition) is 4. The van der Waals surface area contributed by atoms with Crippen molar-refractivity contribution in [3.8, 4) is 0 Å². The molecular weight excluding hydrogens is 346 g/mol. The lowest BCUT2D eigenvalue weighted by atomic mass is 10.1. The van der Waals surface area contributed by atoms with Crippen molar-refractivity contribution >= 4 is 33.2 Å². The highest BCUT2D eigenvalue weighted by Crippen LogP contribution is 2.31. The summed E-state index contributed by atoms with van der Waals surface area (Å²) in [6, 6.07) is 8.16. The smallest absolute Gasteiger partial charge is 0.264 e. The largest absolute Gasteiger partial charge is 0.350 e. The predicted octanol–water partition coefficient (Wildman–Crippen LogP) is 2.88. The van der Waals surface area contributed by atoms with Gasteiger partial charge in [0.15, 0.2) is 0 Å². The molecule has 5 nitrogen and oxygen atoms in total. The SMILES string of the molecule is Cc1c(C(=O)N2CCN(CC(=O)NC(C)(C)C)CC2)sc2ccccc12. The van der Waals surface area contributed by atoms with E-state index in [1.165, 1.54) is 5.39 Å². The molecule has 2 heterocycles. The van der Waals surface area contributed by atoms with Gasteiger partial charge in [0.05, 0.1) is 11.4 Å². The highest BCUT2D eigenvalue weighted by molar-refractivity contribution is 7.21. The van der Waals surface area contributed by atoms with Crippen LogP contribution in [0.1, 0.15) is 36.0 Å². The van der Waals surface area contributed by atoms with Crippen LogP contribution < -0.4 is 5.32 Å². The Morgan fingerprint density at radius 2 is 1.77 bits per heavy atom. The van der Waals surface area contributed by atoms with Gasteiger partial charge in [-0.05, 0) is 44.7 Å². The van der Waals surface area contributed by atoms with Gasteiger partial charge in [-0.3, -0.25) is 14.5 Å².